The summed E-state index contributed by atoms with van der Waals surface area (Å²) in [7, 11) is 1.53. The number of hydrogen-bond donors (Lipinski definition) is 1. The van der Waals surface area contributed by atoms with Gasteiger partial charge in [-0.15, -0.1) is 0 Å². The van der Waals surface area contributed by atoms with E-state index in [2.05, 4.69) is 5.32 Å². The second-order valence-corrected chi connectivity index (χ2v) is 7.43. The Bertz CT molecular complexity index is 1260. The number of fused-ring (bicyclic) bond motifs is 3. The van der Waals surface area contributed by atoms with Crippen LogP contribution in [0.4, 0.5) is 5.69 Å². The van der Waals surface area contributed by atoms with Gasteiger partial charge in [0.15, 0.2) is 6.10 Å². The normalized spacial score (nSPS) is 12.0. The Morgan fingerprint density at radius 2 is 1.74 bits per heavy atom. The van der Waals surface area contributed by atoms with E-state index in [0.29, 0.717) is 17.0 Å². The van der Waals surface area contributed by atoms with Crippen LogP contribution in [0.3, 0.4) is 0 Å². The van der Waals surface area contributed by atoms with E-state index in [4.69, 9.17) is 13.9 Å². The average Bonchev–Trinajstić information content (AvgIpc) is 3.12. The maximum atomic E-state index is 12.6. The molecular formula is C25H23NO5. The fourth-order valence-corrected chi connectivity index (χ4v) is 3.42. The molecule has 6 nitrogen and oxygen atoms in total. The van der Waals surface area contributed by atoms with Gasteiger partial charge in [0.25, 0.3) is 5.91 Å². The lowest BCUT2D eigenvalue weighted by Gasteiger charge is -2.15. The first kappa shape index (κ1) is 20.5. The van der Waals surface area contributed by atoms with Gasteiger partial charge in [0.05, 0.1) is 19.2 Å². The summed E-state index contributed by atoms with van der Waals surface area (Å²) in [6.45, 7) is 3.51. The highest BCUT2D eigenvalue weighted by Crippen LogP contribution is 2.36. The molecule has 1 heterocycles. The van der Waals surface area contributed by atoms with Gasteiger partial charge in [0.1, 0.15) is 16.9 Å². The molecule has 0 bridgehead atoms. The molecule has 0 unspecified atom stereocenters. The minimum atomic E-state index is -0.964. The Kier molecular flexibility index (Phi) is 5.62. The van der Waals surface area contributed by atoms with Crippen molar-refractivity contribution >= 4 is 39.5 Å². The molecule has 1 aromatic heterocycles. The van der Waals surface area contributed by atoms with E-state index >= 15 is 0 Å². The van der Waals surface area contributed by atoms with Crippen LogP contribution in [0, 0.1) is 6.92 Å². The molecule has 1 atom stereocenters. The van der Waals surface area contributed by atoms with Crippen LogP contribution in [0.2, 0.25) is 0 Å². The lowest BCUT2D eigenvalue weighted by molar-refractivity contribution is -0.152. The molecule has 31 heavy (non-hydrogen) atoms. The highest BCUT2D eigenvalue weighted by molar-refractivity contribution is 6.08. The number of aryl methyl sites for hydroxylation is 1. The van der Waals surface area contributed by atoms with Gasteiger partial charge in [-0.3, -0.25) is 9.59 Å². The monoisotopic (exact) mass is 417 g/mol. The number of hydrogen-bond acceptors (Lipinski definition) is 5. The summed E-state index contributed by atoms with van der Waals surface area (Å²) in [4.78, 5) is 24.9. The van der Waals surface area contributed by atoms with Crippen LogP contribution >= 0.6 is 0 Å². The maximum Gasteiger partial charge on any atom is 0.311 e. The highest BCUT2D eigenvalue weighted by atomic mass is 16.5. The third kappa shape index (κ3) is 4.38. The quantitative estimate of drug-likeness (QED) is 0.446. The van der Waals surface area contributed by atoms with Crippen LogP contribution < -0.4 is 10.1 Å². The summed E-state index contributed by atoms with van der Waals surface area (Å²) in [6.07, 6.45) is -0.861. The zero-order valence-corrected chi connectivity index (χ0v) is 17.6. The molecule has 6 heteroatoms. The Morgan fingerprint density at radius 1 is 1.00 bits per heavy atom. The van der Waals surface area contributed by atoms with Gasteiger partial charge >= 0.3 is 5.97 Å². The van der Waals surface area contributed by atoms with Crippen molar-refractivity contribution in [1.29, 1.82) is 0 Å². The van der Waals surface area contributed by atoms with Crippen LogP contribution in [-0.4, -0.2) is 25.1 Å². The summed E-state index contributed by atoms with van der Waals surface area (Å²) in [5, 5.41) is 4.63. The molecule has 4 rings (SSSR count). The van der Waals surface area contributed by atoms with Crippen molar-refractivity contribution < 1.29 is 23.5 Å². The molecule has 0 aliphatic rings. The predicted octanol–water partition coefficient (Wildman–Crippen LogP) is 5.02. The van der Waals surface area contributed by atoms with Crippen LogP contribution in [-0.2, 0) is 20.7 Å². The smallest absolute Gasteiger partial charge is 0.311 e. The summed E-state index contributed by atoms with van der Waals surface area (Å²) in [5.74, 6) is -0.428. The molecule has 0 aliphatic heterocycles. The molecule has 0 radical (unpaired) electrons. The summed E-state index contributed by atoms with van der Waals surface area (Å²) in [6, 6.07) is 18.8. The number of ether oxygens (including phenoxy) is 2. The van der Waals surface area contributed by atoms with E-state index < -0.39 is 18.0 Å². The third-order valence-electron chi connectivity index (χ3n) is 5.10. The minimum absolute atomic E-state index is 0.103. The highest BCUT2D eigenvalue weighted by Gasteiger charge is 2.21. The first-order valence-electron chi connectivity index (χ1n) is 10.00. The van der Waals surface area contributed by atoms with E-state index in [1.165, 1.54) is 14.0 Å². The predicted molar refractivity (Wildman–Crippen MR) is 119 cm³/mol. The van der Waals surface area contributed by atoms with Gasteiger partial charge in [-0.2, -0.15) is 0 Å². The molecule has 0 saturated carbocycles. The minimum Gasteiger partial charge on any atom is -0.495 e. The Hall–Kier alpha value is -3.80. The van der Waals surface area contributed by atoms with Crippen molar-refractivity contribution in [2.75, 3.05) is 12.4 Å². The Balaban J connectivity index is 1.48. The molecule has 3 aromatic carbocycles. The van der Waals surface area contributed by atoms with Crippen molar-refractivity contribution in [2.24, 2.45) is 0 Å². The van der Waals surface area contributed by atoms with E-state index in [-0.39, 0.29) is 6.42 Å². The van der Waals surface area contributed by atoms with Crippen molar-refractivity contribution in [3.63, 3.8) is 0 Å². The topological polar surface area (TPSA) is 77.8 Å². The second-order valence-electron chi connectivity index (χ2n) is 7.43. The molecule has 0 saturated heterocycles. The fourth-order valence-electron chi connectivity index (χ4n) is 3.42. The molecule has 158 valence electrons. The van der Waals surface area contributed by atoms with Gasteiger partial charge in [-0.1, -0.05) is 48.0 Å². The lowest BCUT2D eigenvalue weighted by atomic mass is 10.1. The van der Waals surface area contributed by atoms with Gasteiger partial charge in [0, 0.05) is 16.8 Å². The molecular weight excluding hydrogens is 394 g/mol. The van der Waals surface area contributed by atoms with Crippen molar-refractivity contribution in [3.8, 4) is 5.75 Å². The van der Waals surface area contributed by atoms with Gasteiger partial charge in [0.2, 0.25) is 0 Å². The second kappa shape index (κ2) is 8.52. The van der Waals surface area contributed by atoms with Crippen molar-refractivity contribution in [2.45, 2.75) is 26.4 Å². The number of nitrogens with one attached hydrogen (secondary N) is 1. The summed E-state index contributed by atoms with van der Waals surface area (Å²) < 4.78 is 16.7. The number of para-hydroxylation sites is 1. The molecule has 1 amide bonds. The van der Waals surface area contributed by atoms with E-state index in [0.717, 1.165) is 27.5 Å². The van der Waals surface area contributed by atoms with E-state index in [9.17, 15) is 9.59 Å². The van der Waals surface area contributed by atoms with Gasteiger partial charge in [-0.25, -0.2) is 0 Å². The zero-order valence-electron chi connectivity index (χ0n) is 17.6. The first-order chi connectivity index (χ1) is 14.9. The number of carbonyl (C=O) groups is 2. The SMILES string of the molecule is COc1cc2c(cc1NC(=O)[C@@H](C)OC(=O)Cc1ccc(C)cc1)oc1ccccc12. The number of esters is 1. The van der Waals surface area contributed by atoms with Crippen LogP contribution in [0.25, 0.3) is 21.9 Å². The number of furan rings is 1. The molecule has 4 aromatic rings. The molecule has 0 spiro atoms. The molecule has 1 N–H and O–H groups in total. The first-order valence-corrected chi connectivity index (χ1v) is 10.00. The largest absolute Gasteiger partial charge is 0.495 e. The Labute approximate surface area is 179 Å². The Morgan fingerprint density at radius 3 is 2.48 bits per heavy atom. The summed E-state index contributed by atoms with van der Waals surface area (Å²) in [5.41, 5.74) is 3.77. The summed E-state index contributed by atoms with van der Waals surface area (Å²) >= 11 is 0. The van der Waals surface area contributed by atoms with Crippen molar-refractivity contribution in [3.05, 3.63) is 71.8 Å². The molecule has 0 fully saturated rings. The average molecular weight is 417 g/mol. The number of anilines is 1. The van der Waals surface area contributed by atoms with Gasteiger partial charge in [-0.05, 0) is 31.5 Å². The van der Waals surface area contributed by atoms with Gasteiger partial charge < -0.3 is 19.2 Å². The number of benzene rings is 3. The standard InChI is InChI=1S/C25H23NO5/c1-15-8-10-17(11-9-15)12-24(27)30-16(2)25(28)26-20-14-22-19(13-23(20)29-3)18-6-4-5-7-21(18)31-22/h4-11,13-14,16H,12H2,1-3H3,(H,26,28)/t16-/m1/s1. The van der Waals surface area contributed by atoms with E-state index in [1.807, 2.05) is 61.5 Å². The number of carbonyl (C=O) groups excluding carboxylic acids is 2. The van der Waals surface area contributed by atoms with Crippen LogP contribution in [0.5, 0.6) is 5.75 Å². The third-order valence-corrected chi connectivity index (χ3v) is 5.10. The van der Waals surface area contributed by atoms with Crippen LogP contribution in [0.15, 0.2) is 65.1 Å². The fraction of sp³-hybridized carbons (Fsp3) is 0.200. The van der Waals surface area contributed by atoms with E-state index in [1.54, 1.807) is 6.07 Å². The zero-order chi connectivity index (χ0) is 22.0. The molecule has 0 aliphatic carbocycles. The number of methoxy groups -OCH3 is 1. The maximum absolute atomic E-state index is 12.6. The lowest BCUT2D eigenvalue weighted by Crippen LogP contribution is -2.30. The van der Waals surface area contributed by atoms with Crippen molar-refractivity contribution in [1.82, 2.24) is 0 Å². The number of rotatable bonds is 6. The van der Waals surface area contributed by atoms with Crippen LogP contribution in [0.1, 0.15) is 18.1 Å². The number of amides is 1.